The number of hydrogen-bond donors (Lipinski definition) is 2. The molecular formula is C33H46ClN3O5. The standard InChI is InChI=1S/C33H46ClN3O5/c1-40-29-12-9-24(21-27(29)34)10-14-32(38)35-28(33(39)25-11-13-30-31(22-25)42-20-19-41-30)23-37-18-6-8-26(37)7-2-3-15-36-16-4-5-17-36/h9,11-13,21-22,26,28,33,39H,2-8,10,14-20,23H2,1H3,(H,35,38). The molecule has 2 aromatic carbocycles. The Labute approximate surface area is 255 Å². The number of ether oxygens (including phenoxy) is 3. The minimum absolute atomic E-state index is 0.0927. The summed E-state index contributed by atoms with van der Waals surface area (Å²) in [6.07, 6.45) is 8.57. The molecule has 3 atom stereocenters. The molecule has 9 heteroatoms. The van der Waals surface area contributed by atoms with Gasteiger partial charge in [0.05, 0.1) is 18.2 Å². The highest BCUT2D eigenvalue weighted by Crippen LogP contribution is 2.34. The Bertz CT molecular complexity index is 1170. The third-order valence-corrected chi connectivity index (χ3v) is 9.18. The minimum atomic E-state index is -0.878. The van der Waals surface area contributed by atoms with Gasteiger partial charge in [0.25, 0.3) is 0 Å². The van der Waals surface area contributed by atoms with E-state index in [1.807, 2.05) is 36.4 Å². The smallest absolute Gasteiger partial charge is 0.220 e. The summed E-state index contributed by atoms with van der Waals surface area (Å²) in [6, 6.07) is 11.2. The number of nitrogens with one attached hydrogen (secondary N) is 1. The van der Waals surface area contributed by atoms with Crippen molar-refractivity contribution in [3.8, 4) is 17.2 Å². The van der Waals surface area contributed by atoms with E-state index in [9.17, 15) is 9.90 Å². The van der Waals surface area contributed by atoms with Crippen molar-refractivity contribution in [3.05, 3.63) is 52.5 Å². The number of carbonyl (C=O) groups is 1. The van der Waals surface area contributed by atoms with Crippen LogP contribution in [-0.4, -0.2) is 85.9 Å². The molecule has 2 aromatic rings. The first-order chi connectivity index (χ1) is 20.5. The molecule has 0 spiro atoms. The number of aliphatic hydroxyl groups is 1. The summed E-state index contributed by atoms with van der Waals surface area (Å²) >= 11 is 6.29. The number of benzene rings is 2. The summed E-state index contributed by atoms with van der Waals surface area (Å²) < 4.78 is 16.7. The van der Waals surface area contributed by atoms with Gasteiger partial charge in [-0.2, -0.15) is 0 Å². The highest BCUT2D eigenvalue weighted by molar-refractivity contribution is 6.32. The fourth-order valence-electron chi connectivity index (χ4n) is 6.54. The average molecular weight is 600 g/mol. The monoisotopic (exact) mass is 599 g/mol. The van der Waals surface area contributed by atoms with Crippen LogP contribution in [0.2, 0.25) is 5.02 Å². The number of rotatable bonds is 14. The van der Waals surface area contributed by atoms with E-state index in [-0.39, 0.29) is 5.91 Å². The second-order valence-electron chi connectivity index (χ2n) is 11.8. The zero-order valence-corrected chi connectivity index (χ0v) is 25.6. The van der Waals surface area contributed by atoms with E-state index in [1.165, 1.54) is 51.7 Å². The van der Waals surface area contributed by atoms with Crippen molar-refractivity contribution in [1.82, 2.24) is 15.1 Å². The lowest BCUT2D eigenvalue weighted by Gasteiger charge is -2.32. The topological polar surface area (TPSA) is 83.5 Å². The zero-order valence-electron chi connectivity index (χ0n) is 24.9. The van der Waals surface area contributed by atoms with Crippen LogP contribution in [0, 0.1) is 0 Å². The molecule has 3 aliphatic heterocycles. The Morgan fingerprint density at radius 2 is 1.88 bits per heavy atom. The highest BCUT2D eigenvalue weighted by Gasteiger charge is 2.31. The summed E-state index contributed by atoms with van der Waals surface area (Å²) in [7, 11) is 1.58. The van der Waals surface area contributed by atoms with Crippen LogP contribution in [0.5, 0.6) is 17.2 Å². The maximum atomic E-state index is 13.2. The van der Waals surface area contributed by atoms with Gasteiger partial charge in [-0.05, 0) is 107 Å². The Morgan fingerprint density at radius 1 is 1.07 bits per heavy atom. The molecular weight excluding hydrogens is 554 g/mol. The average Bonchev–Trinajstić information content (AvgIpc) is 3.69. The largest absolute Gasteiger partial charge is 0.495 e. The number of methoxy groups -OCH3 is 1. The van der Waals surface area contributed by atoms with E-state index in [0.717, 1.165) is 24.9 Å². The molecule has 1 amide bonds. The lowest BCUT2D eigenvalue weighted by atomic mass is 9.99. The van der Waals surface area contributed by atoms with Gasteiger partial charge in [0.1, 0.15) is 25.1 Å². The van der Waals surface area contributed by atoms with E-state index in [0.29, 0.717) is 66.5 Å². The van der Waals surface area contributed by atoms with E-state index >= 15 is 0 Å². The molecule has 230 valence electrons. The van der Waals surface area contributed by atoms with Crippen molar-refractivity contribution in [3.63, 3.8) is 0 Å². The minimum Gasteiger partial charge on any atom is -0.495 e. The van der Waals surface area contributed by atoms with Gasteiger partial charge in [-0.3, -0.25) is 9.69 Å². The predicted molar refractivity (Wildman–Crippen MR) is 165 cm³/mol. The molecule has 3 unspecified atom stereocenters. The van der Waals surface area contributed by atoms with Crippen LogP contribution < -0.4 is 19.5 Å². The van der Waals surface area contributed by atoms with Crippen molar-refractivity contribution in [1.29, 1.82) is 0 Å². The van der Waals surface area contributed by atoms with Gasteiger partial charge >= 0.3 is 0 Å². The van der Waals surface area contributed by atoms with Crippen molar-refractivity contribution < 1.29 is 24.1 Å². The third kappa shape index (κ3) is 8.31. The van der Waals surface area contributed by atoms with Crippen LogP contribution >= 0.6 is 11.6 Å². The van der Waals surface area contributed by atoms with Crippen LogP contribution in [-0.2, 0) is 11.2 Å². The van der Waals surface area contributed by atoms with Crippen LogP contribution in [0.3, 0.4) is 0 Å². The van der Waals surface area contributed by atoms with E-state index < -0.39 is 12.1 Å². The fraction of sp³-hybridized carbons (Fsp3) is 0.606. The number of fused-ring (bicyclic) bond motifs is 1. The molecule has 3 aliphatic rings. The van der Waals surface area contributed by atoms with Gasteiger partial charge < -0.3 is 29.5 Å². The SMILES string of the molecule is COc1ccc(CCC(=O)NC(CN2CCCC2CCCCN2CCCC2)C(O)c2ccc3c(c2)OCCO3)cc1Cl. The van der Waals surface area contributed by atoms with E-state index in [2.05, 4.69) is 15.1 Å². The first-order valence-corrected chi connectivity index (χ1v) is 16.0. The summed E-state index contributed by atoms with van der Waals surface area (Å²) in [6.45, 7) is 6.29. The lowest BCUT2D eigenvalue weighted by molar-refractivity contribution is -0.122. The first-order valence-electron chi connectivity index (χ1n) is 15.7. The van der Waals surface area contributed by atoms with Gasteiger partial charge in [-0.15, -0.1) is 0 Å². The molecule has 42 heavy (non-hydrogen) atoms. The number of carbonyl (C=O) groups excluding carboxylic acids is 1. The molecule has 0 aromatic heterocycles. The highest BCUT2D eigenvalue weighted by atomic mass is 35.5. The number of aliphatic hydroxyl groups excluding tert-OH is 1. The van der Waals surface area contributed by atoms with Gasteiger partial charge in [0.2, 0.25) is 5.91 Å². The Morgan fingerprint density at radius 3 is 2.67 bits per heavy atom. The zero-order chi connectivity index (χ0) is 29.3. The lowest BCUT2D eigenvalue weighted by Crippen LogP contribution is -2.48. The summed E-state index contributed by atoms with van der Waals surface area (Å²) in [5.74, 6) is 1.84. The number of nitrogens with zero attached hydrogens (tertiary/aromatic N) is 2. The van der Waals surface area contributed by atoms with Crippen molar-refractivity contribution in [2.45, 2.75) is 76.0 Å². The van der Waals surface area contributed by atoms with Crippen molar-refractivity contribution >= 4 is 17.5 Å². The number of amides is 1. The van der Waals surface area contributed by atoms with Crippen molar-refractivity contribution in [2.24, 2.45) is 0 Å². The molecule has 0 bridgehead atoms. The maximum absolute atomic E-state index is 13.2. The third-order valence-electron chi connectivity index (χ3n) is 8.88. The molecule has 0 radical (unpaired) electrons. The fourth-order valence-corrected chi connectivity index (χ4v) is 6.82. The number of halogens is 1. The molecule has 2 N–H and O–H groups in total. The molecule has 2 fully saturated rings. The van der Waals surface area contributed by atoms with E-state index in [4.69, 9.17) is 25.8 Å². The normalized spacial score (nSPS) is 20.4. The van der Waals surface area contributed by atoms with Crippen LogP contribution in [0.1, 0.15) is 68.6 Å². The molecule has 0 saturated carbocycles. The Hall–Kier alpha value is -2.52. The van der Waals surface area contributed by atoms with Crippen LogP contribution in [0.25, 0.3) is 0 Å². The number of likely N-dealkylation sites (tertiary alicyclic amines) is 2. The first kappa shape index (κ1) is 30.9. The van der Waals surface area contributed by atoms with Crippen molar-refractivity contribution in [2.75, 3.05) is 53.0 Å². The molecule has 5 rings (SSSR count). The van der Waals surface area contributed by atoms with Gasteiger partial charge in [-0.1, -0.05) is 30.2 Å². The van der Waals surface area contributed by atoms with E-state index in [1.54, 1.807) is 7.11 Å². The molecule has 2 saturated heterocycles. The Balaban J connectivity index is 1.22. The van der Waals surface area contributed by atoms with Crippen LogP contribution in [0.15, 0.2) is 36.4 Å². The number of aryl methyl sites for hydroxylation is 1. The Kier molecular flexibility index (Phi) is 11.2. The summed E-state index contributed by atoms with van der Waals surface area (Å²) in [4.78, 5) is 18.3. The van der Waals surface area contributed by atoms with Gasteiger partial charge in [0, 0.05) is 19.0 Å². The predicted octanol–water partition coefficient (Wildman–Crippen LogP) is 5.00. The summed E-state index contributed by atoms with van der Waals surface area (Å²) in [5, 5.41) is 15.3. The van der Waals surface area contributed by atoms with Gasteiger partial charge in [-0.25, -0.2) is 0 Å². The molecule has 3 heterocycles. The summed E-state index contributed by atoms with van der Waals surface area (Å²) in [5.41, 5.74) is 1.68. The second-order valence-corrected chi connectivity index (χ2v) is 12.2. The molecule has 0 aliphatic carbocycles. The maximum Gasteiger partial charge on any atom is 0.220 e. The number of unbranched alkanes of at least 4 members (excludes halogenated alkanes) is 1. The quantitative estimate of drug-likeness (QED) is 0.296. The second kappa shape index (κ2) is 15.3. The number of hydrogen-bond acceptors (Lipinski definition) is 7. The van der Waals surface area contributed by atoms with Crippen LogP contribution in [0.4, 0.5) is 0 Å². The van der Waals surface area contributed by atoms with Gasteiger partial charge in [0.15, 0.2) is 11.5 Å². The molecule has 8 nitrogen and oxygen atoms in total.